The number of amides is 1. The summed E-state index contributed by atoms with van der Waals surface area (Å²) in [7, 11) is 0. The van der Waals surface area contributed by atoms with Crippen LogP contribution in [0.3, 0.4) is 0 Å². The van der Waals surface area contributed by atoms with E-state index in [9.17, 15) is 4.79 Å². The number of anilines is 1. The second-order valence-corrected chi connectivity index (χ2v) is 7.45. The number of benzene rings is 1. The Bertz CT molecular complexity index is 860. The van der Waals surface area contributed by atoms with Crippen LogP contribution in [0.4, 0.5) is 5.88 Å². The Hall–Kier alpha value is -2.31. The average molecular weight is 376 g/mol. The summed E-state index contributed by atoms with van der Waals surface area (Å²) in [5.41, 5.74) is 7.71. The number of halogens is 1. The van der Waals surface area contributed by atoms with E-state index in [1.807, 2.05) is 18.2 Å². The maximum Gasteiger partial charge on any atom is 0.259 e. The fourth-order valence-corrected chi connectivity index (χ4v) is 3.60. The summed E-state index contributed by atoms with van der Waals surface area (Å²) >= 11 is 7.27. The quantitative estimate of drug-likeness (QED) is 0.661. The molecule has 1 atom stereocenters. The molecule has 0 aliphatic rings. The van der Waals surface area contributed by atoms with Gasteiger partial charge in [0.05, 0.1) is 9.21 Å². The molecule has 0 aliphatic heterocycles. The first-order valence-electron chi connectivity index (χ1n) is 7.90. The first kappa shape index (κ1) is 17.5. The number of hydrogen-bond donors (Lipinski definition) is 2. The zero-order valence-corrected chi connectivity index (χ0v) is 15.2. The number of aromatic nitrogens is 1. The number of rotatable bonds is 6. The number of carbonyl (C=O) groups excluding carboxylic acids is 1. The van der Waals surface area contributed by atoms with Gasteiger partial charge in [0.25, 0.3) is 5.91 Å². The van der Waals surface area contributed by atoms with Gasteiger partial charge in [-0.25, -0.2) is 0 Å². The van der Waals surface area contributed by atoms with Gasteiger partial charge < -0.3 is 15.6 Å². The van der Waals surface area contributed by atoms with Gasteiger partial charge >= 0.3 is 0 Å². The van der Waals surface area contributed by atoms with Crippen molar-refractivity contribution in [2.45, 2.75) is 19.3 Å². The fraction of sp³-hybridized carbons (Fsp3) is 0.222. The molecule has 1 aromatic carbocycles. The molecule has 0 fully saturated rings. The molecule has 1 unspecified atom stereocenters. The number of nitrogens with zero attached hydrogens (tertiary/aromatic N) is 1. The van der Waals surface area contributed by atoms with Crippen molar-refractivity contribution in [2.24, 2.45) is 0 Å². The third-order valence-corrected chi connectivity index (χ3v) is 5.22. The maximum absolute atomic E-state index is 12.5. The van der Waals surface area contributed by atoms with Gasteiger partial charge in [0.2, 0.25) is 5.88 Å². The molecule has 0 saturated carbocycles. The second kappa shape index (κ2) is 7.72. The lowest BCUT2D eigenvalue weighted by molar-refractivity contribution is 0.0954. The Kier molecular flexibility index (Phi) is 5.40. The van der Waals surface area contributed by atoms with Crippen LogP contribution >= 0.6 is 22.9 Å². The van der Waals surface area contributed by atoms with Gasteiger partial charge in [-0.3, -0.25) is 4.79 Å². The summed E-state index contributed by atoms with van der Waals surface area (Å²) in [6.45, 7) is 2.67. The smallest absolute Gasteiger partial charge is 0.259 e. The number of thiophene rings is 1. The molecule has 0 spiro atoms. The normalized spacial score (nSPS) is 12.1. The summed E-state index contributed by atoms with van der Waals surface area (Å²) in [6, 6.07) is 13.7. The lowest BCUT2D eigenvalue weighted by atomic mass is 9.98. The number of hydrogen-bond acceptors (Lipinski definition) is 5. The van der Waals surface area contributed by atoms with E-state index >= 15 is 0 Å². The van der Waals surface area contributed by atoms with E-state index in [1.165, 1.54) is 16.9 Å². The summed E-state index contributed by atoms with van der Waals surface area (Å²) in [5.74, 6) is 0.0589. The number of nitrogen functional groups attached to an aromatic ring is 1. The highest BCUT2D eigenvalue weighted by atomic mass is 35.5. The van der Waals surface area contributed by atoms with Crippen molar-refractivity contribution < 1.29 is 9.32 Å². The van der Waals surface area contributed by atoms with E-state index in [0.29, 0.717) is 22.5 Å². The Morgan fingerprint density at radius 3 is 2.76 bits per heavy atom. The monoisotopic (exact) mass is 375 g/mol. The standard InChI is InChI=1S/C18H18ClN3O2S/c1-11(12-5-3-2-4-6-12)9-10-21-18(23)15-16(22-24-17(15)20)13-7-8-14(19)25-13/h2-8,11H,9-10,20H2,1H3,(H,21,23). The van der Waals surface area contributed by atoms with Gasteiger partial charge in [0.1, 0.15) is 11.3 Å². The van der Waals surface area contributed by atoms with E-state index in [1.54, 1.807) is 12.1 Å². The van der Waals surface area contributed by atoms with Crippen LogP contribution < -0.4 is 11.1 Å². The average Bonchev–Trinajstić information content (AvgIpc) is 3.21. The summed E-state index contributed by atoms with van der Waals surface area (Å²) < 4.78 is 5.62. The predicted octanol–water partition coefficient (Wildman–Crippen LogP) is 4.56. The van der Waals surface area contributed by atoms with E-state index in [4.69, 9.17) is 21.9 Å². The van der Waals surface area contributed by atoms with Crippen molar-refractivity contribution in [3.63, 3.8) is 0 Å². The van der Waals surface area contributed by atoms with Crippen molar-refractivity contribution in [2.75, 3.05) is 12.3 Å². The minimum absolute atomic E-state index is 0.00753. The zero-order valence-electron chi connectivity index (χ0n) is 13.7. The molecule has 0 radical (unpaired) electrons. The molecule has 2 aromatic heterocycles. The van der Waals surface area contributed by atoms with Crippen LogP contribution in [0.2, 0.25) is 4.34 Å². The Morgan fingerprint density at radius 1 is 1.32 bits per heavy atom. The van der Waals surface area contributed by atoms with Crippen LogP contribution in [-0.4, -0.2) is 17.6 Å². The molecule has 1 amide bonds. The van der Waals surface area contributed by atoms with Gasteiger partial charge in [-0.05, 0) is 30.0 Å². The van der Waals surface area contributed by atoms with Crippen LogP contribution in [0.15, 0.2) is 47.0 Å². The SMILES string of the molecule is CC(CCNC(=O)c1c(-c2ccc(Cl)s2)noc1N)c1ccccc1. The highest BCUT2D eigenvalue weighted by Gasteiger charge is 2.23. The molecular weight excluding hydrogens is 358 g/mol. The first-order chi connectivity index (χ1) is 12.1. The molecule has 0 saturated heterocycles. The van der Waals surface area contributed by atoms with Crippen LogP contribution in [-0.2, 0) is 0 Å². The topological polar surface area (TPSA) is 81.2 Å². The van der Waals surface area contributed by atoms with Gasteiger partial charge in [-0.1, -0.05) is 54.0 Å². The summed E-state index contributed by atoms with van der Waals surface area (Å²) in [6.07, 6.45) is 0.821. The van der Waals surface area contributed by atoms with Gasteiger partial charge in [0, 0.05) is 6.54 Å². The fourth-order valence-electron chi connectivity index (χ4n) is 2.57. The Morgan fingerprint density at radius 2 is 2.08 bits per heavy atom. The van der Waals surface area contributed by atoms with Gasteiger partial charge in [0.15, 0.2) is 0 Å². The molecule has 0 bridgehead atoms. The highest BCUT2D eigenvalue weighted by Crippen LogP contribution is 2.34. The molecule has 2 heterocycles. The molecule has 7 heteroatoms. The van der Waals surface area contributed by atoms with E-state index in [-0.39, 0.29) is 17.4 Å². The largest absolute Gasteiger partial charge is 0.367 e. The van der Waals surface area contributed by atoms with E-state index in [0.717, 1.165) is 11.3 Å². The number of nitrogens with two attached hydrogens (primary N) is 1. The van der Waals surface area contributed by atoms with Crippen molar-refractivity contribution in [1.29, 1.82) is 0 Å². The van der Waals surface area contributed by atoms with Crippen molar-refractivity contribution in [3.8, 4) is 10.6 Å². The third kappa shape index (κ3) is 4.03. The molecule has 0 aliphatic carbocycles. The molecule has 130 valence electrons. The van der Waals surface area contributed by atoms with Crippen molar-refractivity contribution in [1.82, 2.24) is 10.5 Å². The summed E-state index contributed by atoms with van der Waals surface area (Å²) in [5, 5.41) is 6.80. The highest BCUT2D eigenvalue weighted by molar-refractivity contribution is 7.19. The minimum Gasteiger partial charge on any atom is -0.367 e. The second-order valence-electron chi connectivity index (χ2n) is 5.73. The Labute approximate surface area is 154 Å². The first-order valence-corrected chi connectivity index (χ1v) is 9.09. The van der Waals surface area contributed by atoms with E-state index in [2.05, 4.69) is 29.5 Å². The lowest BCUT2D eigenvalue weighted by Gasteiger charge is -2.12. The van der Waals surface area contributed by atoms with Gasteiger partial charge in [-0.2, -0.15) is 0 Å². The number of nitrogens with one attached hydrogen (secondary N) is 1. The molecule has 3 N–H and O–H groups in total. The van der Waals surface area contributed by atoms with E-state index < -0.39 is 0 Å². The van der Waals surface area contributed by atoms with Crippen LogP contribution in [0.1, 0.15) is 35.2 Å². The van der Waals surface area contributed by atoms with Crippen LogP contribution in [0.25, 0.3) is 10.6 Å². The molecule has 5 nitrogen and oxygen atoms in total. The molecular formula is C18H18ClN3O2S. The van der Waals surface area contributed by atoms with Crippen LogP contribution in [0.5, 0.6) is 0 Å². The van der Waals surface area contributed by atoms with Gasteiger partial charge in [-0.15, -0.1) is 11.3 Å². The molecule has 3 rings (SSSR count). The summed E-state index contributed by atoms with van der Waals surface area (Å²) in [4.78, 5) is 13.3. The maximum atomic E-state index is 12.5. The predicted molar refractivity (Wildman–Crippen MR) is 101 cm³/mol. The van der Waals surface area contributed by atoms with Crippen molar-refractivity contribution >= 4 is 34.7 Å². The molecule has 3 aromatic rings. The minimum atomic E-state index is -0.293. The number of carbonyl (C=O) groups is 1. The molecule has 25 heavy (non-hydrogen) atoms. The van der Waals surface area contributed by atoms with Crippen LogP contribution in [0, 0.1) is 0 Å². The zero-order chi connectivity index (χ0) is 17.8. The lowest BCUT2D eigenvalue weighted by Crippen LogP contribution is -2.26. The van der Waals surface area contributed by atoms with Crippen molar-refractivity contribution in [3.05, 3.63) is 57.9 Å². The third-order valence-electron chi connectivity index (χ3n) is 3.98. The Balaban J connectivity index is 1.65.